The van der Waals surface area contributed by atoms with Crippen LogP contribution in [0.4, 0.5) is 0 Å². The first-order valence-electron chi connectivity index (χ1n) is 8.32. The molecule has 8 heteroatoms. The van der Waals surface area contributed by atoms with E-state index in [1.165, 1.54) is 13.0 Å². The Morgan fingerprint density at radius 3 is 2.50 bits per heavy atom. The average molecular weight is 397 g/mol. The summed E-state index contributed by atoms with van der Waals surface area (Å²) in [6, 6.07) is 9.65. The molecule has 3 atom stereocenters. The van der Waals surface area contributed by atoms with E-state index in [0.29, 0.717) is 11.7 Å². The number of rotatable bonds is 4. The van der Waals surface area contributed by atoms with Crippen LogP contribution in [0.2, 0.25) is 0 Å². The van der Waals surface area contributed by atoms with Gasteiger partial charge in [0.05, 0.1) is 17.0 Å². The fraction of sp³-hybridized carbons (Fsp3) is 0.389. The van der Waals surface area contributed by atoms with Gasteiger partial charge in [0, 0.05) is 0 Å². The number of aliphatic hydroxyl groups is 1. The monoisotopic (exact) mass is 396 g/mol. The maximum absolute atomic E-state index is 10.7. The van der Waals surface area contributed by atoms with Crippen LogP contribution in [0.15, 0.2) is 54.6 Å². The van der Waals surface area contributed by atoms with Crippen LogP contribution in [0.5, 0.6) is 0 Å². The third-order valence-corrected chi connectivity index (χ3v) is 6.82. The summed E-state index contributed by atoms with van der Waals surface area (Å²) >= 11 is 1.58. The first kappa shape index (κ1) is 20.9. The van der Waals surface area contributed by atoms with E-state index in [2.05, 4.69) is 0 Å². The van der Waals surface area contributed by atoms with E-state index in [1.54, 1.807) is 30.0 Å². The van der Waals surface area contributed by atoms with Crippen LogP contribution in [0, 0.1) is 5.41 Å². The van der Waals surface area contributed by atoms with Crippen molar-refractivity contribution in [2.45, 2.75) is 24.2 Å². The van der Waals surface area contributed by atoms with Crippen molar-refractivity contribution in [2.24, 2.45) is 0 Å². The van der Waals surface area contributed by atoms with Gasteiger partial charge in [-0.25, -0.2) is 13.8 Å². The second-order valence-electron chi connectivity index (χ2n) is 6.42. The fourth-order valence-electron chi connectivity index (χ4n) is 2.61. The maximum Gasteiger partial charge on any atom is 0.254 e. The SMILES string of the molecule is CC1(S(=O)(=O)[O-])C=CC=CC1.N=C1SCC[NH+]1CC(O)c1ccccc1. The predicted molar refractivity (Wildman–Crippen MR) is 103 cm³/mol. The molecule has 1 heterocycles. The smallest absolute Gasteiger partial charge is 0.254 e. The van der Waals surface area contributed by atoms with Crippen LogP contribution in [0.25, 0.3) is 0 Å². The third kappa shape index (κ3) is 5.52. The molecule has 1 fully saturated rings. The highest BCUT2D eigenvalue weighted by molar-refractivity contribution is 8.13. The summed E-state index contributed by atoms with van der Waals surface area (Å²) in [6.45, 7) is 2.98. The number of nitrogens with one attached hydrogen (secondary N) is 2. The quantitative estimate of drug-likeness (QED) is 0.661. The van der Waals surface area contributed by atoms with E-state index >= 15 is 0 Å². The summed E-state index contributed by atoms with van der Waals surface area (Å²) < 4.78 is 30.8. The van der Waals surface area contributed by atoms with Crippen LogP contribution in [0.1, 0.15) is 25.0 Å². The summed E-state index contributed by atoms with van der Waals surface area (Å²) in [5.74, 6) is 0.996. The van der Waals surface area contributed by atoms with Gasteiger partial charge in [0.15, 0.2) is 0 Å². The molecular formula is C18H24N2O4S2. The Morgan fingerprint density at radius 1 is 1.35 bits per heavy atom. The molecule has 0 aromatic heterocycles. The summed E-state index contributed by atoms with van der Waals surface area (Å²) in [5, 5.41) is 18.3. The Kier molecular flexibility index (Phi) is 7.19. The van der Waals surface area contributed by atoms with Gasteiger partial charge in [0.1, 0.15) is 22.8 Å². The van der Waals surface area contributed by atoms with Gasteiger partial charge in [-0.05, 0) is 30.7 Å². The summed E-state index contributed by atoms with van der Waals surface area (Å²) in [6.07, 6.45) is 6.23. The average Bonchev–Trinajstić information content (AvgIpc) is 3.01. The molecule has 0 bridgehead atoms. The zero-order valence-corrected chi connectivity index (χ0v) is 16.2. The van der Waals surface area contributed by atoms with Crippen molar-refractivity contribution in [2.75, 3.05) is 18.8 Å². The van der Waals surface area contributed by atoms with E-state index in [9.17, 15) is 18.1 Å². The van der Waals surface area contributed by atoms with Crippen molar-refractivity contribution in [1.82, 2.24) is 0 Å². The van der Waals surface area contributed by atoms with Gasteiger partial charge in [-0.1, -0.05) is 54.6 Å². The highest BCUT2D eigenvalue weighted by atomic mass is 32.2. The molecule has 1 aliphatic heterocycles. The molecule has 6 nitrogen and oxygen atoms in total. The predicted octanol–water partition coefficient (Wildman–Crippen LogP) is 1.09. The number of amidine groups is 1. The molecule has 3 N–H and O–H groups in total. The molecule has 1 saturated heterocycles. The molecule has 1 aromatic rings. The van der Waals surface area contributed by atoms with E-state index < -0.39 is 21.0 Å². The Morgan fingerprint density at radius 2 is 2.04 bits per heavy atom. The van der Waals surface area contributed by atoms with Crippen molar-refractivity contribution < 1.29 is 23.0 Å². The second kappa shape index (κ2) is 8.96. The van der Waals surface area contributed by atoms with E-state index in [0.717, 1.165) is 22.8 Å². The molecule has 142 valence electrons. The summed E-state index contributed by atoms with van der Waals surface area (Å²) in [5.41, 5.74) is 0.940. The summed E-state index contributed by atoms with van der Waals surface area (Å²) in [7, 11) is -4.21. The van der Waals surface area contributed by atoms with Gasteiger partial charge in [0.25, 0.3) is 5.17 Å². The molecule has 3 unspecified atom stereocenters. The highest BCUT2D eigenvalue weighted by Gasteiger charge is 2.28. The minimum Gasteiger partial charge on any atom is -0.747 e. The van der Waals surface area contributed by atoms with Crippen LogP contribution >= 0.6 is 11.8 Å². The van der Waals surface area contributed by atoms with Gasteiger partial charge in [0.2, 0.25) is 0 Å². The van der Waals surface area contributed by atoms with Gasteiger partial charge >= 0.3 is 0 Å². The fourth-order valence-corrected chi connectivity index (χ4v) is 4.09. The topological polar surface area (TPSA) is 106 Å². The van der Waals surface area contributed by atoms with Gasteiger partial charge in [-0.3, -0.25) is 4.90 Å². The largest absolute Gasteiger partial charge is 0.747 e. The van der Waals surface area contributed by atoms with E-state index in [-0.39, 0.29) is 6.42 Å². The Bertz CT molecular complexity index is 778. The number of thioether (sulfide) groups is 1. The molecule has 2 aliphatic rings. The Balaban J connectivity index is 0.000000197. The standard InChI is InChI=1S/C11H14N2OS.C7H10O3S/c12-11-13(6-7-15-11)8-10(14)9-4-2-1-3-5-9;1-7(11(8,9)10)5-3-2-4-6-7/h1-5,10,12,14H,6-8H2;2-5H,6H2,1H3,(H,8,9,10). The van der Waals surface area contributed by atoms with E-state index in [4.69, 9.17) is 5.41 Å². The molecule has 0 saturated carbocycles. The molecule has 3 rings (SSSR count). The number of hydrogen-bond acceptors (Lipinski definition) is 6. The molecular weight excluding hydrogens is 372 g/mol. The van der Waals surface area contributed by atoms with Crippen molar-refractivity contribution in [1.29, 1.82) is 5.41 Å². The molecule has 0 amide bonds. The number of hydrogen-bond donors (Lipinski definition) is 3. The van der Waals surface area contributed by atoms with Crippen molar-refractivity contribution in [3.05, 3.63) is 60.2 Å². The third-order valence-electron chi connectivity index (χ3n) is 4.39. The Labute approximate surface area is 158 Å². The van der Waals surface area contributed by atoms with Crippen LogP contribution in [0.3, 0.4) is 0 Å². The first-order valence-corrected chi connectivity index (χ1v) is 10.7. The molecule has 1 aromatic carbocycles. The minimum absolute atomic E-state index is 0.273. The highest BCUT2D eigenvalue weighted by Crippen LogP contribution is 2.25. The van der Waals surface area contributed by atoms with Crippen LogP contribution in [-0.2, 0) is 10.1 Å². The van der Waals surface area contributed by atoms with E-state index in [1.807, 2.05) is 30.3 Å². The van der Waals surface area contributed by atoms with Crippen LogP contribution in [-0.4, -0.2) is 46.8 Å². The minimum atomic E-state index is -4.21. The normalized spacial score (nSPS) is 26.3. The first-order chi connectivity index (χ1) is 12.2. The lowest BCUT2D eigenvalue weighted by Gasteiger charge is -2.29. The number of aliphatic hydroxyl groups excluding tert-OH is 1. The lowest BCUT2D eigenvalue weighted by atomic mass is 10.0. The lowest BCUT2D eigenvalue weighted by molar-refractivity contribution is -0.801. The zero-order chi connectivity index (χ0) is 19.2. The van der Waals surface area contributed by atoms with Gasteiger partial charge in [-0.2, -0.15) is 0 Å². The zero-order valence-electron chi connectivity index (χ0n) is 14.6. The van der Waals surface area contributed by atoms with Gasteiger partial charge in [-0.15, -0.1) is 0 Å². The molecule has 0 spiro atoms. The number of quaternary nitrogens is 1. The molecule has 1 aliphatic carbocycles. The summed E-state index contributed by atoms with van der Waals surface area (Å²) in [4.78, 5) is 1.09. The maximum atomic E-state index is 10.7. The van der Waals surface area contributed by atoms with Crippen molar-refractivity contribution >= 4 is 27.0 Å². The molecule has 0 radical (unpaired) electrons. The van der Waals surface area contributed by atoms with Crippen LogP contribution < -0.4 is 4.90 Å². The van der Waals surface area contributed by atoms with Crippen molar-refractivity contribution in [3.8, 4) is 0 Å². The second-order valence-corrected chi connectivity index (χ2v) is 9.37. The molecule has 26 heavy (non-hydrogen) atoms. The van der Waals surface area contributed by atoms with Gasteiger partial charge < -0.3 is 9.66 Å². The van der Waals surface area contributed by atoms with Crippen molar-refractivity contribution in [3.63, 3.8) is 0 Å². The number of benzene rings is 1. The number of allylic oxidation sites excluding steroid dienone is 3. The Hall–Kier alpha value is -1.45. The lowest BCUT2D eigenvalue weighted by Crippen LogP contribution is -3.12.